The van der Waals surface area contributed by atoms with E-state index in [4.69, 9.17) is 0 Å². The number of carbonyl (C=O) groups excluding carboxylic acids is 3. The smallest absolute Gasteiger partial charge is 0.230 e. The summed E-state index contributed by atoms with van der Waals surface area (Å²) in [5.41, 5.74) is 1.49. The van der Waals surface area contributed by atoms with Gasteiger partial charge in [-0.3, -0.25) is 14.5 Å². The molecule has 0 atom stereocenters. The van der Waals surface area contributed by atoms with E-state index in [0.717, 1.165) is 10.5 Å². The molecule has 96 valence electrons. The largest absolute Gasteiger partial charge is 0.300 e. The van der Waals surface area contributed by atoms with Crippen molar-refractivity contribution in [3.63, 3.8) is 0 Å². The van der Waals surface area contributed by atoms with Gasteiger partial charge in [-0.15, -0.1) is 0 Å². The van der Waals surface area contributed by atoms with Gasteiger partial charge in [0.05, 0.1) is 5.69 Å². The number of rotatable bonds is 4. The SMILES string of the molecule is CC(=O)CCc1cccc(N(C(C)=O)C(C)=O)c1. The topological polar surface area (TPSA) is 54.5 Å². The quantitative estimate of drug-likeness (QED) is 0.818. The Bertz CT molecular complexity index is 466. The van der Waals surface area contributed by atoms with Crippen molar-refractivity contribution < 1.29 is 14.4 Å². The van der Waals surface area contributed by atoms with Gasteiger partial charge in [0, 0.05) is 20.3 Å². The van der Waals surface area contributed by atoms with Gasteiger partial charge in [-0.25, -0.2) is 0 Å². The van der Waals surface area contributed by atoms with Crippen LogP contribution < -0.4 is 4.90 Å². The molecule has 0 unspecified atom stereocenters. The molecule has 0 heterocycles. The number of benzene rings is 1. The zero-order valence-electron chi connectivity index (χ0n) is 10.9. The van der Waals surface area contributed by atoms with Crippen molar-refractivity contribution in [2.45, 2.75) is 33.6 Å². The second-order valence-corrected chi connectivity index (χ2v) is 4.25. The van der Waals surface area contributed by atoms with Gasteiger partial charge in [0.15, 0.2) is 0 Å². The molecule has 1 rings (SSSR count). The molecule has 0 aliphatic rings. The number of hydrogen-bond acceptors (Lipinski definition) is 3. The van der Waals surface area contributed by atoms with Crippen LogP contribution in [0.5, 0.6) is 0 Å². The van der Waals surface area contributed by atoms with E-state index in [-0.39, 0.29) is 17.6 Å². The minimum Gasteiger partial charge on any atom is -0.300 e. The molecular formula is C14H17NO3. The Morgan fingerprint density at radius 2 is 1.67 bits per heavy atom. The lowest BCUT2D eigenvalue weighted by atomic mass is 10.1. The van der Waals surface area contributed by atoms with E-state index in [2.05, 4.69) is 0 Å². The molecule has 0 aliphatic heterocycles. The Morgan fingerprint density at radius 1 is 1.06 bits per heavy atom. The second kappa shape index (κ2) is 6.10. The lowest BCUT2D eigenvalue weighted by Crippen LogP contribution is -2.33. The molecule has 0 N–H and O–H groups in total. The van der Waals surface area contributed by atoms with E-state index in [1.807, 2.05) is 6.07 Å². The third kappa shape index (κ3) is 3.80. The average molecular weight is 247 g/mol. The van der Waals surface area contributed by atoms with Crippen molar-refractivity contribution >= 4 is 23.3 Å². The van der Waals surface area contributed by atoms with Gasteiger partial charge in [-0.05, 0) is 31.0 Å². The molecule has 0 saturated carbocycles. The first-order chi connectivity index (χ1) is 8.41. The van der Waals surface area contributed by atoms with Crippen molar-refractivity contribution in [2.75, 3.05) is 4.90 Å². The molecule has 1 aromatic rings. The lowest BCUT2D eigenvalue weighted by molar-refractivity contribution is -0.124. The number of hydrogen-bond donors (Lipinski definition) is 0. The van der Waals surface area contributed by atoms with Gasteiger partial charge in [0.1, 0.15) is 5.78 Å². The molecule has 0 saturated heterocycles. The molecule has 0 fully saturated rings. The van der Waals surface area contributed by atoms with Crippen molar-refractivity contribution in [1.82, 2.24) is 0 Å². The zero-order valence-corrected chi connectivity index (χ0v) is 10.9. The maximum absolute atomic E-state index is 11.4. The van der Waals surface area contributed by atoms with Crippen molar-refractivity contribution in [3.8, 4) is 0 Å². The number of ketones is 1. The van der Waals surface area contributed by atoms with E-state index in [1.165, 1.54) is 13.8 Å². The van der Waals surface area contributed by atoms with Crippen LogP contribution in [-0.2, 0) is 20.8 Å². The van der Waals surface area contributed by atoms with Crippen LogP contribution in [-0.4, -0.2) is 17.6 Å². The summed E-state index contributed by atoms with van der Waals surface area (Å²) in [6, 6.07) is 7.14. The Kier molecular flexibility index (Phi) is 4.77. The van der Waals surface area contributed by atoms with Crippen LogP contribution in [0.15, 0.2) is 24.3 Å². The van der Waals surface area contributed by atoms with Crippen LogP contribution in [0.2, 0.25) is 0 Å². The number of amides is 2. The minimum atomic E-state index is -0.314. The summed E-state index contributed by atoms with van der Waals surface area (Å²) in [4.78, 5) is 34.9. The van der Waals surface area contributed by atoms with Gasteiger partial charge in [0.25, 0.3) is 0 Å². The minimum absolute atomic E-state index is 0.121. The van der Waals surface area contributed by atoms with Gasteiger partial charge in [0.2, 0.25) is 11.8 Å². The number of Topliss-reactive ketones (excluding diaryl/α,β-unsaturated/α-hetero) is 1. The molecule has 0 radical (unpaired) electrons. The lowest BCUT2D eigenvalue weighted by Gasteiger charge is -2.17. The first-order valence-corrected chi connectivity index (χ1v) is 5.81. The molecule has 0 aliphatic carbocycles. The van der Waals surface area contributed by atoms with Gasteiger partial charge in [-0.2, -0.15) is 0 Å². The fraction of sp³-hybridized carbons (Fsp3) is 0.357. The third-order valence-electron chi connectivity index (χ3n) is 2.56. The van der Waals surface area contributed by atoms with Crippen LogP contribution in [0.3, 0.4) is 0 Å². The number of aryl methyl sites for hydroxylation is 1. The van der Waals surface area contributed by atoms with Gasteiger partial charge < -0.3 is 4.79 Å². The summed E-state index contributed by atoms with van der Waals surface area (Å²) < 4.78 is 0. The van der Waals surface area contributed by atoms with Crippen molar-refractivity contribution in [2.24, 2.45) is 0 Å². The predicted octanol–water partition coefficient (Wildman–Crippen LogP) is 2.11. The molecule has 0 spiro atoms. The molecule has 18 heavy (non-hydrogen) atoms. The summed E-state index contributed by atoms with van der Waals surface area (Å²) >= 11 is 0. The molecule has 4 heteroatoms. The zero-order chi connectivity index (χ0) is 13.7. The van der Waals surface area contributed by atoms with Crippen LogP contribution >= 0.6 is 0 Å². The highest BCUT2D eigenvalue weighted by Crippen LogP contribution is 2.18. The third-order valence-corrected chi connectivity index (χ3v) is 2.56. The molecule has 0 aromatic heterocycles. The second-order valence-electron chi connectivity index (χ2n) is 4.25. The van der Waals surface area contributed by atoms with E-state index < -0.39 is 0 Å². The van der Waals surface area contributed by atoms with E-state index in [1.54, 1.807) is 25.1 Å². The number of imide groups is 1. The number of anilines is 1. The van der Waals surface area contributed by atoms with E-state index >= 15 is 0 Å². The predicted molar refractivity (Wildman–Crippen MR) is 69.3 cm³/mol. The average Bonchev–Trinajstić information content (AvgIpc) is 2.26. The van der Waals surface area contributed by atoms with E-state index in [0.29, 0.717) is 18.5 Å². The monoisotopic (exact) mass is 247 g/mol. The Balaban J connectivity index is 2.96. The first kappa shape index (κ1) is 14.1. The van der Waals surface area contributed by atoms with Gasteiger partial charge >= 0.3 is 0 Å². The Hall–Kier alpha value is -1.97. The molecule has 0 bridgehead atoms. The normalized spacial score (nSPS) is 9.94. The maximum atomic E-state index is 11.4. The van der Waals surface area contributed by atoms with Crippen LogP contribution in [0.1, 0.15) is 32.8 Å². The highest BCUT2D eigenvalue weighted by atomic mass is 16.2. The van der Waals surface area contributed by atoms with Gasteiger partial charge in [-0.1, -0.05) is 12.1 Å². The summed E-state index contributed by atoms with van der Waals surface area (Å²) in [7, 11) is 0. The highest BCUT2D eigenvalue weighted by Gasteiger charge is 2.16. The van der Waals surface area contributed by atoms with Crippen LogP contribution in [0.4, 0.5) is 5.69 Å². The first-order valence-electron chi connectivity index (χ1n) is 5.81. The fourth-order valence-electron chi connectivity index (χ4n) is 1.76. The summed E-state index contributed by atoms with van der Waals surface area (Å²) in [6.45, 7) is 4.24. The number of nitrogens with zero attached hydrogens (tertiary/aromatic N) is 1. The van der Waals surface area contributed by atoms with E-state index in [9.17, 15) is 14.4 Å². The maximum Gasteiger partial charge on any atom is 0.230 e. The highest BCUT2D eigenvalue weighted by molar-refractivity contribution is 6.13. The van der Waals surface area contributed by atoms with Crippen molar-refractivity contribution in [3.05, 3.63) is 29.8 Å². The standard InChI is InChI=1S/C14H17NO3/c1-10(16)7-8-13-5-4-6-14(9-13)15(11(2)17)12(3)18/h4-6,9H,7-8H2,1-3H3. The summed E-state index contributed by atoms with van der Waals surface area (Å²) in [5, 5.41) is 0. The fourth-order valence-corrected chi connectivity index (χ4v) is 1.76. The van der Waals surface area contributed by atoms with Crippen molar-refractivity contribution in [1.29, 1.82) is 0 Å². The Morgan fingerprint density at radius 3 is 2.17 bits per heavy atom. The molecule has 1 aromatic carbocycles. The Labute approximate surface area is 107 Å². The molecule has 4 nitrogen and oxygen atoms in total. The number of carbonyl (C=O) groups is 3. The molecule has 2 amide bonds. The van der Waals surface area contributed by atoms with Crippen LogP contribution in [0.25, 0.3) is 0 Å². The summed E-state index contributed by atoms with van der Waals surface area (Å²) in [6.07, 6.45) is 1.08. The van der Waals surface area contributed by atoms with Crippen LogP contribution in [0, 0.1) is 0 Å². The molecular weight excluding hydrogens is 230 g/mol. The summed E-state index contributed by atoms with van der Waals surface area (Å²) in [5.74, 6) is -0.507.